The Morgan fingerprint density at radius 1 is 1.62 bits per heavy atom. The molecule has 0 unspecified atom stereocenters. The lowest BCUT2D eigenvalue weighted by Crippen LogP contribution is -2.35. The van der Waals surface area contributed by atoms with E-state index in [-0.39, 0.29) is 17.5 Å². The maximum Gasteiger partial charge on any atom is 0.277 e. The lowest BCUT2D eigenvalue weighted by molar-refractivity contribution is 0.867. The van der Waals surface area contributed by atoms with Crippen LogP contribution in [0.2, 0.25) is 0 Å². The first-order valence-corrected chi connectivity index (χ1v) is 3.90. The number of anilines is 3. The maximum atomic E-state index is 11.3. The van der Waals surface area contributed by atoms with Gasteiger partial charge in [-0.25, -0.2) is 0 Å². The Kier molecular flexibility index (Phi) is 1.61. The highest BCUT2D eigenvalue weighted by Gasteiger charge is 2.14. The molecule has 1 aromatic heterocycles. The fraction of sp³-hybridized carbons (Fsp3) is 0.286. The number of rotatable bonds is 0. The van der Waals surface area contributed by atoms with Crippen molar-refractivity contribution in [1.82, 2.24) is 9.97 Å². The molecule has 5 N–H and O–H groups in total. The summed E-state index contributed by atoms with van der Waals surface area (Å²) in [6.07, 6.45) is 0. The summed E-state index contributed by atoms with van der Waals surface area (Å²) >= 11 is 0. The highest BCUT2D eigenvalue weighted by molar-refractivity contribution is 5.67. The van der Waals surface area contributed by atoms with Gasteiger partial charge in [0.2, 0.25) is 5.95 Å². The molecule has 0 aromatic carbocycles. The van der Waals surface area contributed by atoms with E-state index in [1.807, 2.05) is 0 Å². The summed E-state index contributed by atoms with van der Waals surface area (Å²) in [5.74, 6) is 0.599. The Morgan fingerprint density at radius 3 is 3.15 bits per heavy atom. The number of aromatic amines is 1. The molecular formula is C7H10N5O-. The van der Waals surface area contributed by atoms with E-state index in [1.165, 1.54) is 0 Å². The molecule has 0 bridgehead atoms. The standard InChI is InChI=1S/C7H10N5O/c1-3-2-9-5-4(10-3)6(13)12-7(8)11-5/h3,10H,1-2H2,(H4,8,9,11,12,13)/q-1/t3-/m1/s1. The van der Waals surface area contributed by atoms with Gasteiger partial charge in [-0.3, -0.25) is 9.78 Å². The second-order valence-electron chi connectivity index (χ2n) is 2.90. The fourth-order valence-corrected chi connectivity index (χ4v) is 1.23. The van der Waals surface area contributed by atoms with E-state index in [4.69, 9.17) is 5.73 Å². The van der Waals surface area contributed by atoms with Crippen LogP contribution in [0, 0.1) is 6.92 Å². The zero-order valence-corrected chi connectivity index (χ0v) is 6.92. The van der Waals surface area contributed by atoms with Gasteiger partial charge in [0, 0.05) is 6.54 Å². The highest BCUT2D eigenvalue weighted by Crippen LogP contribution is 2.18. The van der Waals surface area contributed by atoms with Crippen LogP contribution in [0.3, 0.4) is 0 Å². The van der Waals surface area contributed by atoms with Gasteiger partial charge in [-0.05, 0) is 0 Å². The van der Waals surface area contributed by atoms with Gasteiger partial charge in [0.05, 0.1) is 0 Å². The summed E-state index contributed by atoms with van der Waals surface area (Å²) in [5, 5.41) is 5.88. The van der Waals surface area contributed by atoms with Crippen molar-refractivity contribution in [1.29, 1.82) is 0 Å². The molecule has 1 aromatic rings. The molecule has 0 spiro atoms. The van der Waals surface area contributed by atoms with Crippen LogP contribution in [0.4, 0.5) is 17.5 Å². The number of nitrogen functional groups attached to an aromatic ring is 1. The first-order valence-electron chi connectivity index (χ1n) is 3.90. The van der Waals surface area contributed by atoms with Crippen molar-refractivity contribution in [3.8, 4) is 0 Å². The van der Waals surface area contributed by atoms with Crippen molar-refractivity contribution in [3.05, 3.63) is 17.3 Å². The molecule has 1 aliphatic heterocycles. The lowest BCUT2D eigenvalue weighted by Gasteiger charge is -2.28. The van der Waals surface area contributed by atoms with Crippen molar-refractivity contribution < 1.29 is 0 Å². The zero-order valence-electron chi connectivity index (χ0n) is 6.92. The van der Waals surface area contributed by atoms with Crippen LogP contribution in [0.25, 0.3) is 0 Å². The fourth-order valence-electron chi connectivity index (χ4n) is 1.23. The van der Waals surface area contributed by atoms with Gasteiger partial charge in [-0.2, -0.15) is 4.98 Å². The first-order chi connectivity index (χ1) is 6.16. The normalized spacial score (nSPS) is 19.9. The van der Waals surface area contributed by atoms with Crippen LogP contribution in [-0.2, 0) is 0 Å². The lowest BCUT2D eigenvalue weighted by atomic mass is 10.2. The van der Waals surface area contributed by atoms with Gasteiger partial charge in [0.1, 0.15) is 5.69 Å². The predicted octanol–water partition coefficient (Wildman–Crippen LogP) is -0.608. The predicted molar refractivity (Wildman–Crippen MR) is 50.5 cm³/mol. The second-order valence-corrected chi connectivity index (χ2v) is 2.90. The number of H-pyrrole nitrogens is 1. The average Bonchev–Trinajstić information content (AvgIpc) is 2.06. The van der Waals surface area contributed by atoms with Crippen LogP contribution in [0.1, 0.15) is 0 Å². The summed E-state index contributed by atoms with van der Waals surface area (Å²) in [6.45, 7) is 4.40. The molecule has 0 fully saturated rings. The van der Waals surface area contributed by atoms with E-state index in [0.717, 1.165) is 0 Å². The summed E-state index contributed by atoms with van der Waals surface area (Å²) < 4.78 is 0. The Hall–Kier alpha value is -1.72. The number of nitrogens with zero attached hydrogens (tertiary/aromatic N) is 1. The molecule has 0 saturated heterocycles. The van der Waals surface area contributed by atoms with Crippen LogP contribution in [0.15, 0.2) is 4.79 Å². The van der Waals surface area contributed by atoms with Crippen LogP contribution < -0.4 is 21.9 Å². The van der Waals surface area contributed by atoms with Gasteiger partial charge in [0.25, 0.3) is 5.56 Å². The van der Waals surface area contributed by atoms with E-state index >= 15 is 0 Å². The van der Waals surface area contributed by atoms with E-state index in [2.05, 4.69) is 27.5 Å². The molecule has 0 saturated carbocycles. The zero-order chi connectivity index (χ0) is 9.42. The first kappa shape index (κ1) is 7.90. The number of nitrogens with two attached hydrogens (primary N) is 1. The molecule has 13 heavy (non-hydrogen) atoms. The average molecular weight is 180 g/mol. The monoisotopic (exact) mass is 180 g/mol. The Labute approximate surface area is 74.6 Å². The number of aromatic nitrogens is 2. The smallest absolute Gasteiger partial charge is 0.277 e. The van der Waals surface area contributed by atoms with Gasteiger partial charge in [0.15, 0.2) is 5.82 Å². The number of fused-ring (bicyclic) bond motifs is 1. The van der Waals surface area contributed by atoms with Crippen molar-refractivity contribution in [2.24, 2.45) is 0 Å². The maximum absolute atomic E-state index is 11.3. The quantitative estimate of drug-likeness (QED) is 0.399. The third kappa shape index (κ3) is 1.30. The second kappa shape index (κ2) is 2.65. The minimum absolute atomic E-state index is 0.0287. The Balaban J connectivity index is 2.53. The Morgan fingerprint density at radius 2 is 2.38 bits per heavy atom. The van der Waals surface area contributed by atoms with Crippen molar-refractivity contribution in [2.45, 2.75) is 6.04 Å². The van der Waals surface area contributed by atoms with Gasteiger partial charge < -0.3 is 23.3 Å². The molecule has 2 heterocycles. The summed E-state index contributed by atoms with van der Waals surface area (Å²) in [7, 11) is 0. The largest absolute Gasteiger partial charge is 0.403 e. The van der Waals surface area contributed by atoms with Gasteiger partial charge >= 0.3 is 0 Å². The molecule has 0 amide bonds. The third-order valence-electron chi connectivity index (χ3n) is 1.80. The molecule has 0 aliphatic carbocycles. The van der Waals surface area contributed by atoms with Crippen molar-refractivity contribution >= 4 is 17.5 Å². The van der Waals surface area contributed by atoms with E-state index in [0.29, 0.717) is 18.1 Å². The van der Waals surface area contributed by atoms with Crippen LogP contribution in [-0.4, -0.2) is 22.6 Å². The molecule has 70 valence electrons. The van der Waals surface area contributed by atoms with Gasteiger partial charge in [-0.15, -0.1) is 0 Å². The number of hydrogen-bond acceptors (Lipinski definition) is 5. The molecule has 1 atom stereocenters. The molecule has 6 nitrogen and oxygen atoms in total. The van der Waals surface area contributed by atoms with Crippen molar-refractivity contribution in [3.63, 3.8) is 0 Å². The number of hydrogen-bond donors (Lipinski definition) is 4. The molecule has 0 radical (unpaired) electrons. The summed E-state index contributed by atoms with van der Waals surface area (Å²) in [6, 6.07) is -0.0287. The molecule has 6 heteroatoms. The van der Waals surface area contributed by atoms with Crippen LogP contribution in [0.5, 0.6) is 0 Å². The Bertz CT molecular complexity index is 385. The van der Waals surface area contributed by atoms with Gasteiger partial charge in [-0.1, -0.05) is 6.04 Å². The van der Waals surface area contributed by atoms with Crippen molar-refractivity contribution in [2.75, 3.05) is 22.9 Å². The minimum atomic E-state index is -0.275. The SMILES string of the molecule is [CH2-][C@@H]1CNc2nc(N)[nH]c(=O)c2N1. The van der Waals surface area contributed by atoms with E-state index < -0.39 is 0 Å². The topological polar surface area (TPSA) is 95.8 Å². The molecular weight excluding hydrogens is 170 g/mol. The summed E-state index contributed by atoms with van der Waals surface area (Å²) in [5.41, 5.74) is 5.50. The third-order valence-corrected chi connectivity index (χ3v) is 1.80. The molecule has 2 rings (SSSR count). The highest BCUT2D eigenvalue weighted by atomic mass is 16.1. The van der Waals surface area contributed by atoms with E-state index in [1.54, 1.807) is 0 Å². The number of nitrogens with one attached hydrogen (secondary N) is 3. The van der Waals surface area contributed by atoms with E-state index in [9.17, 15) is 4.79 Å². The van der Waals surface area contributed by atoms with Crippen LogP contribution >= 0.6 is 0 Å². The minimum Gasteiger partial charge on any atom is -0.403 e. The molecule has 1 aliphatic rings. The summed E-state index contributed by atoms with van der Waals surface area (Å²) in [4.78, 5) is 17.7.